The van der Waals surface area contributed by atoms with E-state index in [9.17, 15) is 9.90 Å². The zero-order valence-corrected chi connectivity index (χ0v) is 10.4. The van der Waals surface area contributed by atoms with E-state index in [4.69, 9.17) is 4.74 Å². The second-order valence-electron chi connectivity index (χ2n) is 5.13. The number of nitrogens with zero attached hydrogens (tertiary/aromatic N) is 2. The Kier molecular flexibility index (Phi) is 4.04. The van der Waals surface area contributed by atoms with Gasteiger partial charge in [-0.15, -0.1) is 0 Å². The lowest BCUT2D eigenvalue weighted by Crippen LogP contribution is -2.42. The van der Waals surface area contributed by atoms with Crippen molar-refractivity contribution in [1.82, 2.24) is 4.90 Å². The second kappa shape index (κ2) is 4.93. The molecule has 1 saturated heterocycles. The first-order chi connectivity index (χ1) is 7.28. The lowest BCUT2D eigenvalue weighted by molar-refractivity contribution is 0.0598. The second-order valence-corrected chi connectivity index (χ2v) is 5.13. The number of carbonyl (C=O) groups is 1. The number of ether oxygens (including phenoxy) is 1. The minimum Gasteiger partial charge on any atom is -0.442 e. The number of hydrogen-bond acceptors (Lipinski definition) is 4. The molecule has 0 radical (unpaired) electrons. The van der Waals surface area contributed by atoms with Crippen LogP contribution in [0.15, 0.2) is 4.99 Å². The van der Waals surface area contributed by atoms with Crippen LogP contribution in [0.2, 0.25) is 0 Å². The molecule has 5 heteroatoms. The van der Waals surface area contributed by atoms with Gasteiger partial charge in [0.1, 0.15) is 5.60 Å². The molecular formula is C11H20N2O3. The van der Waals surface area contributed by atoms with Gasteiger partial charge in [0.05, 0.1) is 11.8 Å². The van der Waals surface area contributed by atoms with E-state index in [1.54, 1.807) is 20.8 Å². The largest absolute Gasteiger partial charge is 0.442 e. The van der Waals surface area contributed by atoms with Crippen LogP contribution in [-0.4, -0.2) is 53.7 Å². The highest BCUT2D eigenvalue weighted by atomic mass is 16.6. The quantitative estimate of drug-likeness (QED) is 0.673. The Morgan fingerprint density at radius 2 is 2.19 bits per heavy atom. The van der Waals surface area contributed by atoms with Gasteiger partial charge in [0.25, 0.3) is 0 Å². The molecule has 0 bridgehead atoms. The molecule has 92 valence electrons. The lowest BCUT2D eigenvalue weighted by atomic mass is 10.1. The maximum atomic E-state index is 11.4. The molecule has 0 spiro atoms. The predicted molar refractivity (Wildman–Crippen MR) is 61.8 cm³/mol. The Morgan fingerprint density at radius 3 is 2.75 bits per heavy atom. The van der Waals surface area contributed by atoms with Crippen molar-refractivity contribution in [3.05, 3.63) is 0 Å². The number of piperidine rings is 1. The van der Waals surface area contributed by atoms with Crippen LogP contribution in [-0.2, 0) is 4.74 Å². The van der Waals surface area contributed by atoms with Gasteiger partial charge in [-0.1, -0.05) is 0 Å². The topological polar surface area (TPSA) is 62.1 Å². The summed E-state index contributed by atoms with van der Waals surface area (Å²) >= 11 is 0. The third kappa shape index (κ3) is 4.28. The van der Waals surface area contributed by atoms with Crippen molar-refractivity contribution in [3.63, 3.8) is 0 Å². The van der Waals surface area contributed by atoms with E-state index in [2.05, 4.69) is 4.99 Å². The molecule has 1 rings (SSSR count). The van der Waals surface area contributed by atoms with E-state index in [1.807, 2.05) is 11.9 Å². The summed E-state index contributed by atoms with van der Waals surface area (Å²) in [5.41, 5.74) is -0.0601. The van der Waals surface area contributed by atoms with E-state index in [-0.39, 0.29) is 0 Å². The molecule has 1 heterocycles. The van der Waals surface area contributed by atoms with Crippen LogP contribution < -0.4 is 0 Å². The van der Waals surface area contributed by atoms with Gasteiger partial charge in [0, 0.05) is 13.1 Å². The van der Waals surface area contributed by atoms with Crippen molar-refractivity contribution in [2.75, 3.05) is 20.1 Å². The van der Waals surface area contributed by atoms with Crippen molar-refractivity contribution in [2.45, 2.75) is 38.9 Å². The van der Waals surface area contributed by atoms with Crippen molar-refractivity contribution < 1.29 is 14.6 Å². The summed E-state index contributed by atoms with van der Waals surface area (Å²) in [5, 5.41) is 9.67. The van der Waals surface area contributed by atoms with Crippen LogP contribution in [0.1, 0.15) is 27.2 Å². The maximum absolute atomic E-state index is 11.4. The van der Waals surface area contributed by atoms with Crippen LogP contribution >= 0.6 is 0 Å². The lowest BCUT2D eigenvalue weighted by Gasteiger charge is -2.27. The van der Waals surface area contributed by atoms with Gasteiger partial charge in [-0.2, -0.15) is 4.99 Å². The number of likely N-dealkylation sites (tertiary alicyclic amines) is 1. The molecule has 1 aliphatic heterocycles. The number of hydrogen-bond donors (Lipinski definition) is 1. The van der Waals surface area contributed by atoms with Crippen molar-refractivity contribution in [3.8, 4) is 0 Å². The number of carbonyl (C=O) groups excluding carboxylic acids is 1. The minimum atomic E-state index is -0.628. The Labute approximate surface area is 96.1 Å². The van der Waals surface area contributed by atoms with E-state index in [1.165, 1.54) is 0 Å². The average molecular weight is 228 g/mol. The van der Waals surface area contributed by atoms with Gasteiger partial charge in [0.15, 0.2) is 0 Å². The fourth-order valence-corrected chi connectivity index (χ4v) is 1.48. The summed E-state index contributed by atoms with van der Waals surface area (Å²) in [6.45, 7) is 6.69. The summed E-state index contributed by atoms with van der Waals surface area (Å²) in [5.74, 6) is 0. The number of aliphatic hydroxyl groups excluding tert-OH is 1. The Balaban J connectivity index is 2.64. The van der Waals surface area contributed by atoms with Crippen LogP contribution in [0.4, 0.5) is 4.79 Å². The molecule has 0 aliphatic carbocycles. The molecule has 1 N–H and O–H groups in total. The normalized spacial score (nSPS) is 25.8. The van der Waals surface area contributed by atoms with Gasteiger partial charge in [0.2, 0.25) is 0 Å². The van der Waals surface area contributed by atoms with Crippen molar-refractivity contribution in [2.24, 2.45) is 4.99 Å². The van der Waals surface area contributed by atoms with Gasteiger partial charge in [-0.05, 0) is 34.2 Å². The standard InChI is InChI=1S/C11H20N2O3/c1-11(2,3)16-10(15)12-8-7-13(4)6-5-9(8)14/h9,14H,5-7H2,1-4H3/t9-/m0/s1. The molecule has 0 saturated carbocycles. The third-order valence-electron chi connectivity index (χ3n) is 2.23. The first-order valence-corrected chi connectivity index (χ1v) is 5.45. The van der Waals surface area contributed by atoms with Gasteiger partial charge in [-0.3, -0.25) is 0 Å². The van der Waals surface area contributed by atoms with Gasteiger partial charge >= 0.3 is 6.09 Å². The average Bonchev–Trinajstić information content (AvgIpc) is 2.08. The molecule has 0 aromatic heterocycles. The fourth-order valence-electron chi connectivity index (χ4n) is 1.48. The number of amides is 1. The zero-order valence-electron chi connectivity index (χ0n) is 10.4. The Morgan fingerprint density at radius 1 is 1.56 bits per heavy atom. The van der Waals surface area contributed by atoms with Crippen LogP contribution in [0, 0.1) is 0 Å². The van der Waals surface area contributed by atoms with E-state index >= 15 is 0 Å². The molecule has 1 atom stereocenters. The molecular weight excluding hydrogens is 208 g/mol. The maximum Gasteiger partial charge on any atom is 0.434 e. The highest BCUT2D eigenvalue weighted by Gasteiger charge is 2.23. The summed E-state index contributed by atoms with van der Waals surface area (Å²) in [4.78, 5) is 17.3. The molecule has 16 heavy (non-hydrogen) atoms. The monoisotopic (exact) mass is 228 g/mol. The first kappa shape index (κ1) is 13.1. The molecule has 1 amide bonds. The molecule has 5 nitrogen and oxygen atoms in total. The Bertz CT molecular complexity index is 294. The zero-order chi connectivity index (χ0) is 12.3. The van der Waals surface area contributed by atoms with Crippen LogP contribution in [0.25, 0.3) is 0 Å². The van der Waals surface area contributed by atoms with Crippen LogP contribution in [0.3, 0.4) is 0 Å². The molecule has 1 aliphatic rings. The van der Waals surface area contributed by atoms with E-state index < -0.39 is 17.8 Å². The van der Waals surface area contributed by atoms with Crippen molar-refractivity contribution >= 4 is 11.8 Å². The molecule has 0 aromatic rings. The third-order valence-corrected chi connectivity index (χ3v) is 2.23. The highest BCUT2D eigenvalue weighted by Crippen LogP contribution is 2.11. The van der Waals surface area contributed by atoms with Crippen LogP contribution in [0.5, 0.6) is 0 Å². The van der Waals surface area contributed by atoms with Crippen molar-refractivity contribution in [1.29, 1.82) is 0 Å². The SMILES string of the molecule is CN1CC[C@H](O)C(=NC(=O)OC(C)(C)C)C1. The summed E-state index contributed by atoms with van der Waals surface area (Å²) < 4.78 is 5.07. The smallest absolute Gasteiger partial charge is 0.434 e. The van der Waals surface area contributed by atoms with E-state index in [0.717, 1.165) is 6.54 Å². The number of rotatable bonds is 0. The molecule has 0 unspecified atom stereocenters. The van der Waals surface area contributed by atoms with Gasteiger partial charge < -0.3 is 14.7 Å². The van der Waals surface area contributed by atoms with E-state index in [0.29, 0.717) is 18.7 Å². The highest BCUT2D eigenvalue weighted by molar-refractivity contribution is 5.97. The molecule has 0 aromatic carbocycles. The minimum absolute atomic E-state index is 0.489. The fraction of sp³-hybridized carbons (Fsp3) is 0.818. The number of aliphatic imine (C=N–C) groups is 1. The first-order valence-electron chi connectivity index (χ1n) is 5.45. The summed E-state index contributed by atoms with van der Waals surface area (Å²) in [6, 6.07) is 0. The summed E-state index contributed by atoms with van der Waals surface area (Å²) in [6.07, 6.45) is -0.640. The molecule has 1 fully saturated rings. The van der Waals surface area contributed by atoms with Gasteiger partial charge in [-0.25, -0.2) is 4.79 Å². The number of aliphatic hydroxyl groups is 1. The summed E-state index contributed by atoms with van der Waals surface area (Å²) in [7, 11) is 1.93. The predicted octanol–water partition coefficient (Wildman–Crippen LogP) is 1.06. The Hall–Kier alpha value is -0.940.